The van der Waals surface area contributed by atoms with Crippen LogP contribution < -0.4 is 4.90 Å². The van der Waals surface area contributed by atoms with Crippen molar-refractivity contribution in [1.82, 2.24) is 9.88 Å². The zero-order valence-corrected chi connectivity index (χ0v) is 12.8. The molecule has 2 saturated heterocycles. The predicted molar refractivity (Wildman–Crippen MR) is 82.5 cm³/mol. The molecule has 3 nitrogen and oxygen atoms in total. The van der Waals surface area contributed by atoms with Crippen molar-refractivity contribution < 1.29 is 0 Å². The first-order valence-electron chi connectivity index (χ1n) is 8.10. The molecule has 0 amide bonds. The van der Waals surface area contributed by atoms with Gasteiger partial charge in [-0.2, -0.15) is 0 Å². The highest BCUT2D eigenvalue weighted by Gasteiger charge is 2.42. The highest BCUT2D eigenvalue weighted by Crippen LogP contribution is 2.44. The fraction of sp³-hybridized carbons (Fsp3) is 0.706. The van der Waals surface area contributed by atoms with Crippen LogP contribution >= 0.6 is 0 Å². The van der Waals surface area contributed by atoms with Gasteiger partial charge in [0, 0.05) is 31.4 Å². The number of pyridine rings is 1. The minimum atomic E-state index is 0.591. The Balaban J connectivity index is 1.65. The van der Waals surface area contributed by atoms with E-state index in [1.54, 1.807) is 5.56 Å². The lowest BCUT2D eigenvalue weighted by molar-refractivity contribution is 0.292. The standard InChI is InChI=1S/C17H25N3/c1-11(2)16-8-18-17(7-15(16)12-4-5-12)20-10-13-6-14(20)9-19(13)3/h7-8,11-14H,4-6,9-10H2,1-3H3/t13-,14-/m0/s1. The summed E-state index contributed by atoms with van der Waals surface area (Å²) < 4.78 is 0. The van der Waals surface area contributed by atoms with E-state index in [0.29, 0.717) is 12.0 Å². The van der Waals surface area contributed by atoms with Gasteiger partial charge < -0.3 is 4.90 Å². The molecule has 1 aliphatic carbocycles. The molecule has 3 heterocycles. The molecule has 0 aromatic carbocycles. The molecule has 2 atom stereocenters. The van der Waals surface area contributed by atoms with Crippen LogP contribution in [-0.2, 0) is 0 Å². The largest absolute Gasteiger partial charge is 0.351 e. The van der Waals surface area contributed by atoms with Gasteiger partial charge in [-0.3, -0.25) is 4.90 Å². The average molecular weight is 271 g/mol. The molecule has 108 valence electrons. The second-order valence-electron chi connectivity index (χ2n) is 7.24. The average Bonchev–Trinajstić information content (AvgIpc) is 3.11. The summed E-state index contributed by atoms with van der Waals surface area (Å²) in [4.78, 5) is 9.87. The minimum Gasteiger partial charge on any atom is -0.351 e. The van der Waals surface area contributed by atoms with Gasteiger partial charge in [-0.25, -0.2) is 4.98 Å². The number of rotatable bonds is 3. The Morgan fingerprint density at radius 2 is 2.00 bits per heavy atom. The number of likely N-dealkylation sites (N-methyl/N-ethyl adjacent to an activating group) is 1. The summed E-state index contributed by atoms with van der Waals surface area (Å²) in [6.07, 6.45) is 6.22. The van der Waals surface area contributed by atoms with Crippen LogP contribution in [0, 0.1) is 0 Å². The summed E-state index contributed by atoms with van der Waals surface area (Å²) in [5.74, 6) is 2.64. The van der Waals surface area contributed by atoms with Crippen molar-refractivity contribution in [2.45, 2.75) is 57.0 Å². The van der Waals surface area contributed by atoms with Crippen molar-refractivity contribution in [2.75, 3.05) is 25.0 Å². The lowest BCUT2D eigenvalue weighted by Gasteiger charge is -2.33. The summed E-state index contributed by atoms with van der Waals surface area (Å²) in [6.45, 7) is 6.95. The third kappa shape index (κ3) is 1.95. The van der Waals surface area contributed by atoms with Gasteiger partial charge >= 0.3 is 0 Å². The van der Waals surface area contributed by atoms with E-state index >= 15 is 0 Å². The maximum atomic E-state index is 4.80. The van der Waals surface area contributed by atoms with E-state index in [0.717, 1.165) is 12.0 Å². The van der Waals surface area contributed by atoms with Crippen LogP contribution in [0.1, 0.15) is 56.1 Å². The summed E-state index contributed by atoms with van der Waals surface area (Å²) in [7, 11) is 2.26. The zero-order chi connectivity index (χ0) is 13.9. The van der Waals surface area contributed by atoms with E-state index in [1.807, 2.05) is 0 Å². The molecule has 3 heteroatoms. The van der Waals surface area contributed by atoms with Gasteiger partial charge in [-0.15, -0.1) is 0 Å². The van der Waals surface area contributed by atoms with Gasteiger partial charge in [0.15, 0.2) is 0 Å². The Hall–Kier alpha value is -1.09. The van der Waals surface area contributed by atoms with E-state index in [2.05, 4.69) is 43.0 Å². The maximum absolute atomic E-state index is 4.80. The lowest BCUT2D eigenvalue weighted by Crippen LogP contribution is -2.44. The quantitative estimate of drug-likeness (QED) is 0.842. The lowest BCUT2D eigenvalue weighted by atomic mass is 9.96. The summed E-state index contributed by atoms with van der Waals surface area (Å²) in [5.41, 5.74) is 3.05. The highest BCUT2D eigenvalue weighted by molar-refractivity contribution is 5.49. The minimum absolute atomic E-state index is 0.591. The SMILES string of the molecule is CC(C)c1cnc(N2C[C@@H]3C[C@H]2CN3C)cc1C1CC1. The third-order valence-electron chi connectivity index (χ3n) is 5.40. The molecule has 0 unspecified atom stereocenters. The van der Waals surface area contributed by atoms with Crippen molar-refractivity contribution in [1.29, 1.82) is 0 Å². The van der Waals surface area contributed by atoms with Crippen LogP contribution in [0.15, 0.2) is 12.3 Å². The van der Waals surface area contributed by atoms with Crippen LogP contribution in [0.4, 0.5) is 5.82 Å². The first-order chi connectivity index (χ1) is 9.63. The highest BCUT2D eigenvalue weighted by atomic mass is 15.4. The molecule has 0 N–H and O–H groups in total. The van der Waals surface area contributed by atoms with E-state index < -0.39 is 0 Å². The number of hydrogen-bond donors (Lipinski definition) is 0. The molecule has 0 radical (unpaired) electrons. The Morgan fingerprint density at radius 1 is 1.20 bits per heavy atom. The number of nitrogens with zero attached hydrogens (tertiary/aromatic N) is 3. The van der Waals surface area contributed by atoms with Crippen molar-refractivity contribution in [3.63, 3.8) is 0 Å². The van der Waals surface area contributed by atoms with Crippen LogP contribution in [-0.4, -0.2) is 42.1 Å². The zero-order valence-electron chi connectivity index (χ0n) is 12.8. The molecule has 2 aliphatic heterocycles. The van der Waals surface area contributed by atoms with E-state index in [4.69, 9.17) is 4.98 Å². The molecule has 0 spiro atoms. The fourth-order valence-corrected chi connectivity index (χ4v) is 4.00. The van der Waals surface area contributed by atoms with Crippen molar-refractivity contribution >= 4 is 5.82 Å². The van der Waals surface area contributed by atoms with Gasteiger partial charge in [0.25, 0.3) is 0 Å². The van der Waals surface area contributed by atoms with E-state index in [-0.39, 0.29) is 0 Å². The second-order valence-corrected chi connectivity index (χ2v) is 7.24. The fourth-order valence-electron chi connectivity index (χ4n) is 4.00. The molecule has 1 saturated carbocycles. The number of fused-ring (bicyclic) bond motifs is 2. The van der Waals surface area contributed by atoms with E-state index in [9.17, 15) is 0 Å². The summed E-state index contributed by atoms with van der Waals surface area (Å²) >= 11 is 0. The Bertz CT molecular complexity index is 519. The molecule has 3 fully saturated rings. The molecular formula is C17H25N3. The smallest absolute Gasteiger partial charge is 0.129 e. The van der Waals surface area contributed by atoms with Gasteiger partial charge in [-0.1, -0.05) is 13.8 Å². The molecule has 20 heavy (non-hydrogen) atoms. The van der Waals surface area contributed by atoms with Crippen LogP contribution in [0.2, 0.25) is 0 Å². The molecule has 4 rings (SSSR count). The monoisotopic (exact) mass is 271 g/mol. The van der Waals surface area contributed by atoms with Crippen LogP contribution in [0.25, 0.3) is 0 Å². The first-order valence-corrected chi connectivity index (χ1v) is 8.10. The molecule has 1 aromatic heterocycles. The molecule has 1 aromatic rings. The Kier molecular flexibility index (Phi) is 2.81. The second kappa shape index (κ2) is 4.45. The Morgan fingerprint density at radius 3 is 2.55 bits per heavy atom. The van der Waals surface area contributed by atoms with Gasteiger partial charge in [0.1, 0.15) is 5.82 Å². The third-order valence-corrected chi connectivity index (χ3v) is 5.40. The van der Waals surface area contributed by atoms with Crippen molar-refractivity contribution in [3.05, 3.63) is 23.4 Å². The number of aromatic nitrogens is 1. The van der Waals surface area contributed by atoms with Crippen molar-refractivity contribution in [2.24, 2.45) is 0 Å². The number of hydrogen-bond acceptors (Lipinski definition) is 3. The number of anilines is 1. The molecule has 2 bridgehead atoms. The van der Waals surface area contributed by atoms with Gasteiger partial charge in [-0.05, 0) is 55.3 Å². The van der Waals surface area contributed by atoms with Crippen molar-refractivity contribution in [3.8, 4) is 0 Å². The Labute approximate surface area is 122 Å². The van der Waals surface area contributed by atoms with E-state index in [1.165, 1.54) is 43.7 Å². The predicted octanol–water partition coefficient (Wildman–Crippen LogP) is 2.98. The summed E-state index contributed by atoms with van der Waals surface area (Å²) in [6, 6.07) is 3.85. The van der Waals surface area contributed by atoms with Crippen LogP contribution in [0.3, 0.4) is 0 Å². The number of likely N-dealkylation sites (tertiary alicyclic amines) is 1. The van der Waals surface area contributed by atoms with Gasteiger partial charge in [0.05, 0.1) is 0 Å². The van der Waals surface area contributed by atoms with Gasteiger partial charge in [0.2, 0.25) is 0 Å². The first kappa shape index (κ1) is 12.6. The normalized spacial score (nSPS) is 29.7. The number of piperazine rings is 1. The molecule has 3 aliphatic rings. The summed E-state index contributed by atoms with van der Waals surface area (Å²) in [5, 5.41) is 0. The molecular weight excluding hydrogens is 246 g/mol. The maximum Gasteiger partial charge on any atom is 0.129 e. The topological polar surface area (TPSA) is 19.4 Å². The van der Waals surface area contributed by atoms with Crippen LogP contribution in [0.5, 0.6) is 0 Å².